The molecule has 0 radical (unpaired) electrons. The van der Waals surface area contributed by atoms with E-state index in [-0.39, 0.29) is 12.6 Å². The number of nitriles is 1. The molecule has 1 aromatic carbocycles. The van der Waals surface area contributed by atoms with Crippen LogP contribution in [0.4, 0.5) is 13.2 Å². The maximum Gasteiger partial charge on any atom is 0.416 e. The van der Waals surface area contributed by atoms with Crippen molar-refractivity contribution in [3.63, 3.8) is 0 Å². The topological polar surface area (TPSA) is 85.6 Å². The number of alkyl halides is 3. The highest BCUT2D eigenvalue weighted by atomic mass is 19.4. The Bertz CT molecular complexity index is 916. The number of aliphatic hydroxyl groups is 1. The largest absolute Gasteiger partial charge is 0.416 e. The van der Waals surface area contributed by atoms with E-state index in [1.54, 1.807) is 4.90 Å². The molecular formula is C23H27F3N4O. The van der Waals surface area contributed by atoms with Crippen molar-refractivity contribution in [2.75, 3.05) is 0 Å². The van der Waals surface area contributed by atoms with Crippen molar-refractivity contribution in [1.82, 2.24) is 4.90 Å². The lowest BCUT2D eigenvalue weighted by Crippen LogP contribution is -2.57. The number of nitrogens with zero attached hydrogens (tertiary/aromatic N) is 3. The summed E-state index contributed by atoms with van der Waals surface area (Å²) in [6.07, 6.45) is 3.88. The molecule has 3 N–H and O–H groups in total. The lowest BCUT2D eigenvalue weighted by molar-refractivity contribution is -0.137. The van der Waals surface area contributed by atoms with E-state index >= 15 is 0 Å². The Kier molecular flexibility index (Phi) is 4.57. The van der Waals surface area contributed by atoms with E-state index in [9.17, 15) is 23.5 Å². The normalized spacial score (nSPS) is 35.6. The van der Waals surface area contributed by atoms with E-state index in [0.717, 1.165) is 44.2 Å². The SMILES string of the molecule is N#CN(Cc1ccc(C(F)(F)F)cc1)C1(C(N)=NC2C3CC4CC2CC(O)(C4)C3)CC1. The van der Waals surface area contributed by atoms with Gasteiger partial charge in [-0.2, -0.15) is 18.4 Å². The van der Waals surface area contributed by atoms with Crippen molar-refractivity contribution in [2.45, 2.75) is 74.8 Å². The second-order valence-electron chi connectivity index (χ2n) is 10.1. The Hall–Kier alpha value is -2.27. The van der Waals surface area contributed by atoms with Crippen LogP contribution in [0, 0.1) is 29.2 Å². The Labute approximate surface area is 179 Å². The number of amidine groups is 1. The summed E-state index contributed by atoms with van der Waals surface area (Å²) in [5.74, 6) is 1.73. The van der Waals surface area contributed by atoms with Crippen LogP contribution >= 0.6 is 0 Å². The number of benzene rings is 1. The Balaban J connectivity index is 1.33. The third-order valence-electron chi connectivity index (χ3n) is 7.94. The molecule has 4 bridgehead atoms. The summed E-state index contributed by atoms with van der Waals surface area (Å²) in [5.41, 5.74) is 5.24. The van der Waals surface area contributed by atoms with Gasteiger partial charge in [-0.3, -0.25) is 9.89 Å². The van der Waals surface area contributed by atoms with Crippen molar-refractivity contribution in [1.29, 1.82) is 5.26 Å². The van der Waals surface area contributed by atoms with E-state index in [1.807, 2.05) is 0 Å². The van der Waals surface area contributed by atoms with Gasteiger partial charge in [0.2, 0.25) is 0 Å². The first kappa shape index (κ1) is 20.6. The highest BCUT2D eigenvalue weighted by Crippen LogP contribution is 2.57. The van der Waals surface area contributed by atoms with Crippen LogP contribution < -0.4 is 5.73 Å². The first-order valence-corrected chi connectivity index (χ1v) is 11.0. The van der Waals surface area contributed by atoms with Crippen molar-refractivity contribution in [3.8, 4) is 6.19 Å². The molecule has 5 aliphatic carbocycles. The predicted octanol–water partition coefficient (Wildman–Crippen LogP) is 3.82. The molecule has 0 aliphatic heterocycles. The van der Waals surface area contributed by atoms with Crippen LogP contribution in [0.25, 0.3) is 0 Å². The molecule has 31 heavy (non-hydrogen) atoms. The van der Waals surface area contributed by atoms with Crippen LogP contribution in [0.1, 0.15) is 56.1 Å². The number of hydrogen-bond acceptors (Lipinski definition) is 4. The molecule has 5 fully saturated rings. The van der Waals surface area contributed by atoms with Crippen LogP contribution in [0.15, 0.2) is 29.3 Å². The van der Waals surface area contributed by atoms with Crippen LogP contribution in [-0.2, 0) is 12.7 Å². The molecule has 0 aromatic heterocycles. The van der Waals surface area contributed by atoms with E-state index < -0.39 is 22.9 Å². The van der Waals surface area contributed by atoms with E-state index in [4.69, 9.17) is 10.7 Å². The zero-order valence-corrected chi connectivity index (χ0v) is 17.3. The third kappa shape index (κ3) is 3.57. The fraction of sp³-hybridized carbons (Fsp3) is 0.652. The Morgan fingerprint density at radius 2 is 1.77 bits per heavy atom. The van der Waals surface area contributed by atoms with Gasteiger partial charge in [0, 0.05) is 0 Å². The average molecular weight is 432 g/mol. The minimum absolute atomic E-state index is 0.0981. The van der Waals surface area contributed by atoms with E-state index in [1.165, 1.54) is 12.1 Å². The van der Waals surface area contributed by atoms with Gasteiger partial charge in [0.1, 0.15) is 11.4 Å². The van der Waals surface area contributed by atoms with Gasteiger partial charge in [0.25, 0.3) is 0 Å². The molecular weight excluding hydrogens is 405 g/mol. The minimum Gasteiger partial charge on any atom is -0.390 e. The van der Waals surface area contributed by atoms with Gasteiger partial charge in [0.05, 0.1) is 23.8 Å². The molecule has 0 heterocycles. The molecule has 8 heteroatoms. The van der Waals surface area contributed by atoms with Gasteiger partial charge < -0.3 is 10.8 Å². The van der Waals surface area contributed by atoms with E-state index in [2.05, 4.69) is 6.19 Å². The minimum atomic E-state index is -4.38. The maximum atomic E-state index is 12.8. The standard InChI is InChI=1S/C23H27F3N4O/c24-23(25,26)18-3-1-14(2-4-18)12-30(13-27)22(5-6-22)20(28)29-19-16-7-15-8-17(19)11-21(31,9-15)10-16/h1-4,15-17,19,31H,5-12H2,(H2,28,29). The van der Waals surface area contributed by atoms with Gasteiger partial charge in [-0.05, 0) is 80.4 Å². The van der Waals surface area contributed by atoms with Gasteiger partial charge in [-0.25, -0.2) is 0 Å². The lowest BCUT2D eigenvalue weighted by Gasteiger charge is -2.57. The van der Waals surface area contributed by atoms with Gasteiger partial charge in [0.15, 0.2) is 6.19 Å². The zero-order chi connectivity index (χ0) is 22.0. The number of halogens is 3. The smallest absolute Gasteiger partial charge is 0.390 e. The monoisotopic (exact) mass is 432 g/mol. The molecule has 6 rings (SSSR count). The Morgan fingerprint density at radius 3 is 2.26 bits per heavy atom. The molecule has 5 nitrogen and oxygen atoms in total. The number of rotatable bonds is 5. The first-order valence-electron chi connectivity index (χ1n) is 11.0. The molecule has 2 unspecified atom stereocenters. The highest BCUT2D eigenvalue weighted by Gasteiger charge is 2.57. The second-order valence-corrected chi connectivity index (χ2v) is 10.1. The first-order chi connectivity index (χ1) is 14.6. The van der Waals surface area contributed by atoms with Gasteiger partial charge in [-0.15, -0.1) is 0 Å². The number of hydrogen-bond donors (Lipinski definition) is 2. The summed E-state index contributed by atoms with van der Waals surface area (Å²) in [6.45, 7) is 0.199. The summed E-state index contributed by atoms with van der Waals surface area (Å²) in [7, 11) is 0. The van der Waals surface area contributed by atoms with Crippen LogP contribution in [0.3, 0.4) is 0 Å². The molecule has 0 spiro atoms. The van der Waals surface area contributed by atoms with Crippen LogP contribution in [0.2, 0.25) is 0 Å². The van der Waals surface area contributed by atoms with Crippen molar-refractivity contribution in [3.05, 3.63) is 35.4 Å². The molecule has 5 saturated carbocycles. The summed E-state index contributed by atoms with van der Waals surface area (Å²) in [6, 6.07) is 5.01. The zero-order valence-electron chi connectivity index (χ0n) is 17.3. The molecule has 0 amide bonds. The molecule has 166 valence electrons. The number of aliphatic imine (C=N–C) groups is 1. The second kappa shape index (κ2) is 6.86. The Morgan fingerprint density at radius 1 is 1.16 bits per heavy atom. The van der Waals surface area contributed by atoms with Crippen LogP contribution in [0.5, 0.6) is 0 Å². The van der Waals surface area contributed by atoms with Crippen molar-refractivity contribution >= 4 is 5.84 Å². The third-order valence-corrected chi connectivity index (χ3v) is 7.94. The summed E-state index contributed by atoms with van der Waals surface area (Å²) < 4.78 is 38.4. The van der Waals surface area contributed by atoms with E-state index in [0.29, 0.717) is 42.0 Å². The maximum absolute atomic E-state index is 12.8. The fourth-order valence-corrected chi connectivity index (χ4v) is 6.49. The molecule has 2 atom stereocenters. The van der Waals surface area contributed by atoms with Gasteiger partial charge in [-0.1, -0.05) is 12.1 Å². The number of nitrogens with two attached hydrogens (primary N) is 1. The predicted molar refractivity (Wildman–Crippen MR) is 108 cm³/mol. The average Bonchev–Trinajstić information content (AvgIpc) is 3.49. The van der Waals surface area contributed by atoms with Gasteiger partial charge >= 0.3 is 6.18 Å². The summed E-state index contributed by atoms with van der Waals surface area (Å²) in [4.78, 5) is 6.51. The highest BCUT2D eigenvalue weighted by molar-refractivity contribution is 5.93. The molecule has 1 aromatic rings. The molecule has 5 aliphatic rings. The quantitative estimate of drug-likeness (QED) is 0.321. The fourth-order valence-electron chi connectivity index (χ4n) is 6.49. The van der Waals surface area contributed by atoms with Crippen LogP contribution in [-0.4, -0.2) is 33.0 Å². The van der Waals surface area contributed by atoms with Crippen molar-refractivity contribution < 1.29 is 18.3 Å². The van der Waals surface area contributed by atoms with Crippen molar-refractivity contribution in [2.24, 2.45) is 28.5 Å². The lowest BCUT2D eigenvalue weighted by atomic mass is 9.52. The summed E-state index contributed by atoms with van der Waals surface area (Å²) >= 11 is 0. The summed E-state index contributed by atoms with van der Waals surface area (Å²) in [5, 5.41) is 20.6. The molecule has 0 saturated heterocycles.